The number of anilines is 1. The fourth-order valence-electron chi connectivity index (χ4n) is 3.08. The molecule has 3 heterocycles. The van der Waals surface area contributed by atoms with Crippen LogP contribution in [0.5, 0.6) is 5.75 Å². The van der Waals surface area contributed by atoms with Crippen molar-refractivity contribution in [1.82, 2.24) is 14.8 Å². The van der Waals surface area contributed by atoms with Gasteiger partial charge >= 0.3 is 0 Å². The second-order valence-corrected chi connectivity index (χ2v) is 7.45. The number of fused-ring (bicyclic) bond motifs is 6. The number of rotatable bonds is 0. The maximum atomic E-state index is 12.6. The molecule has 1 N–H and O–H groups in total. The van der Waals surface area contributed by atoms with Crippen LogP contribution in [0.2, 0.25) is 0 Å². The van der Waals surface area contributed by atoms with Crippen molar-refractivity contribution in [2.75, 3.05) is 11.9 Å². The van der Waals surface area contributed by atoms with Crippen LogP contribution in [0.25, 0.3) is 10.6 Å². The molecule has 0 unspecified atom stereocenters. The lowest BCUT2D eigenvalue weighted by Gasteiger charge is -2.12. The minimum atomic E-state index is -0.234. The van der Waals surface area contributed by atoms with Gasteiger partial charge in [0.2, 0.25) is 0 Å². The predicted molar refractivity (Wildman–Crippen MR) is 106 cm³/mol. The van der Waals surface area contributed by atoms with Gasteiger partial charge in [0, 0.05) is 23.7 Å². The molecule has 27 heavy (non-hydrogen) atoms. The van der Waals surface area contributed by atoms with Crippen LogP contribution in [0.4, 0.5) is 5.69 Å². The molecule has 3 aromatic rings. The maximum absolute atomic E-state index is 12.6. The molecule has 6 nitrogen and oxygen atoms in total. The third-order valence-corrected chi connectivity index (χ3v) is 5.43. The number of ether oxygens (including phenoxy) is 1. The summed E-state index contributed by atoms with van der Waals surface area (Å²) in [6.07, 6.45) is 9.44. The molecular weight excluding hydrogens is 360 g/mol. The number of nitrogens with zero attached hydrogens (tertiary/aromatic N) is 3. The molecule has 0 spiro atoms. The molecule has 0 fully saturated rings. The number of aromatic nitrogens is 3. The maximum Gasteiger partial charge on any atom is 0.275 e. The van der Waals surface area contributed by atoms with Gasteiger partial charge in [0.1, 0.15) is 16.5 Å². The fraction of sp³-hybridized carbons (Fsp3) is 0.350. The Labute approximate surface area is 162 Å². The van der Waals surface area contributed by atoms with Crippen LogP contribution >= 0.6 is 11.3 Å². The number of nitrogens with one attached hydrogen (secondary N) is 1. The van der Waals surface area contributed by atoms with Crippen molar-refractivity contribution >= 4 is 22.9 Å². The number of benzene rings is 1. The highest BCUT2D eigenvalue weighted by atomic mass is 32.1. The van der Waals surface area contributed by atoms with E-state index in [-0.39, 0.29) is 5.91 Å². The Hall–Kier alpha value is -2.67. The highest BCUT2D eigenvalue weighted by Crippen LogP contribution is 2.27. The third kappa shape index (κ3) is 4.36. The van der Waals surface area contributed by atoms with Crippen LogP contribution in [-0.2, 0) is 6.54 Å². The van der Waals surface area contributed by atoms with Gasteiger partial charge in [-0.1, -0.05) is 31.4 Å². The molecule has 140 valence electrons. The molecule has 0 saturated carbocycles. The van der Waals surface area contributed by atoms with E-state index in [1.165, 1.54) is 24.2 Å². The second kappa shape index (κ2) is 8.35. The zero-order chi connectivity index (χ0) is 18.5. The van der Waals surface area contributed by atoms with Gasteiger partial charge in [-0.25, -0.2) is 4.98 Å². The highest BCUT2D eigenvalue weighted by Gasteiger charge is 2.15. The van der Waals surface area contributed by atoms with E-state index in [0.29, 0.717) is 23.7 Å². The first kappa shape index (κ1) is 17.7. The lowest BCUT2D eigenvalue weighted by molar-refractivity contribution is 0.102. The molecule has 7 heteroatoms. The van der Waals surface area contributed by atoms with E-state index in [2.05, 4.69) is 15.4 Å². The molecule has 0 aliphatic carbocycles. The van der Waals surface area contributed by atoms with Gasteiger partial charge in [0.05, 0.1) is 18.5 Å². The second-order valence-electron chi connectivity index (χ2n) is 6.60. The van der Waals surface area contributed by atoms with Crippen molar-refractivity contribution in [1.29, 1.82) is 0 Å². The van der Waals surface area contributed by atoms with Crippen molar-refractivity contribution in [2.24, 2.45) is 0 Å². The molecule has 1 aromatic carbocycles. The Morgan fingerprint density at radius 2 is 1.96 bits per heavy atom. The third-order valence-electron chi connectivity index (χ3n) is 4.54. The van der Waals surface area contributed by atoms with E-state index >= 15 is 0 Å². The number of hydrogen-bond acceptors (Lipinski definition) is 5. The summed E-state index contributed by atoms with van der Waals surface area (Å²) in [5.74, 6) is 0.464. The molecule has 4 rings (SSSR count). The van der Waals surface area contributed by atoms with Crippen LogP contribution < -0.4 is 10.1 Å². The minimum Gasteiger partial charge on any atom is -0.491 e. The summed E-state index contributed by atoms with van der Waals surface area (Å²) < 4.78 is 7.85. The Bertz CT molecular complexity index is 918. The molecule has 4 bridgehead atoms. The molecule has 1 aliphatic heterocycles. The smallest absolute Gasteiger partial charge is 0.275 e. The number of hydrogen-bond donors (Lipinski definition) is 1. The Kier molecular flexibility index (Phi) is 5.48. The summed E-state index contributed by atoms with van der Waals surface area (Å²) in [5, 5.41) is 9.92. The average Bonchev–Trinajstić information content (AvgIpc) is 3.34. The van der Waals surface area contributed by atoms with Gasteiger partial charge in [-0.3, -0.25) is 9.48 Å². The number of carbonyl (C=O) groups is 1. The summed E-state index contributed by atoms with van der Waals surface area (Å²) in [6, 6.07) is 7.53. The molecule has 0 saturated heterocycles. The number of amides is 1. The molecular formula is C20H22N4O2S. The van der Waals surface area contributed by atoms with Crippen LogP contribution in [0, 0.1) is 0 Å². The Morgan fingerprint density at radius 3 is 2.93 bits per heavy atom. The molecule has 2 aromatic heterocycles. The van der Waals surface area contributed by atoms with Crippen molar-refractivity contribution in [3.63, 3.8) is 0 Å². The summed E-state index contributed by atoms with van der Waals surface area (Å²) in [7, 11) is 0. The normalized spacial score (nSPS) is 15.8. The highest BCUT2D eigenvalue weighted by molar-refractivity contribution is 7.13. The summed E-state index contributed by atoms with van der Waals surface area (Å²) in [4.78, 5) is 17.1. The van der Waals surface area contributed by atoms with E-state index in [0.717, 1.165) is 36.4 Å². The lowest BCUT2D eigenvalue weighted by Crippen LogP contribution is -2.13. The van der Waals surface area contributed by atoms with E-state index in [1.807, 2.05) is 41.3 Å². The van der Waals surface area contributed by atoms with E-state index in [1.54, 1.807) is 5.38 Å². The standard InChI is InChI=1S/C20H22N4O2S/c25-19-17-14-27-20(23-17)15-12-21-24(13-15)10-6-2-1-3-7-11-26-18-9-5-4-8-16(18)22-19/h4-5,8-9,12-14H,1-3,6-7,10-11H2,(H,22,25). The number of thiazole rings is 1. The molecule has 1 amide bonds. The summed E-state index contributed by atoms with van der Waals surface area (Å²) in [6.45, 7) is 1.55. The zero-order valence-electron chi connectivity index (χ0n) is 15.1. The predicted octanol–water partition coefficient (Wildman–Crippen LogP) is 4.60. The van der Waals surface area contributed by atoms with Crippen LogP contribution in [0.1, 0.15) is 42.6 Å². The van der Waals surface area contributed by atoms with Crippen LogP contribution in [0.15, 0.2) is 42.0 Å². The van der Waals surface area contributed by atoms with Crippen molar-refractivity contribution < 1.29 is 9.53 Å². The van der Waals surface area contributed by atoms with Gasteiger partial charge in [0.25, 0.3) is 5.91 Å². The fourth-order valence-corrected chi connectivity index (χ4v) is 3.85. The summed E-state index contributed by atoms with van der Waals surface area (Å²) in [5.41, 5.74) is 2.02. The van der Waals surface area contributed by atoms with Gasteiger partial charge < -0.3 is 10.1 Å². The zero-order valence-corrected chi connectivity index (χ0v) is 15.9. The van der Waals surface area contributed by atoms with Crippen molar-refractivity contribution in [3.05, 3.63) is 47.7 Å². The number of para-hydroxylation sites is 2. The van der Waals surface area contributed by atoms with E-state index in [9.17, 15) is 4.79 Å². The van der Waals surface area contributed by atoms with Gasteiger partial charge in [-0.05, 0) is 25.0 Å². The average molecular weight is 382 g/mol. The van der Waals surface area contributed by atoms with Gasteiger partial charge in [0.15, 0.2) is 0 Å². The topological polar surface area (TPSA) is 69.0 Å². The van der Waals surface area contributed by atoms with E-state index < -0.39 is 0 Å². The van der Waals surface area contributed by atoms with Crippen LogP contribution in [-0.4, -0.2) is 27.3 Å². The van der Waals surface area contributed by atoms with Crippen LogP contribution in [0.3, 0.4) is 0 Å². The minimum absolute atomic E-state index is 0.234. The largest absolute Gasteiger partial charge is 0.491 e. The Morgan fingerprint density at radius 1 is 1.11 bits per heavy atom. The first-order valence-electron chi connectivity index (χ1n) is 9.31. The lowest BCUT2D eigenvalue weighted by atomic mass is 10.1. The van der Waals surface area contributed by atoms with Gasteiger partial charge in [-0.15, -0.1) is 11.3 Å². The molecule has 0 atom stereocenters. The SMILES string of the molecule is O=C1Nc2ccccc2OCCCCCCCn2cc(cn2)-c2nc1cs2. The number of carbonyl (C=O) groups excluding carboxylic acids is 1. The first-order chi connectivity index (χ1) is 13.3. The molecule has 1 aliphatic rings. The summed E-state index contributed by atoms with van der Waals surface area (Å²) >= 11 is 1.45. The van der Waals surface area contributed by atoms with Gasteiger partial charge in [-0.2, -0.15) is 5.10 Å². The Balaban J connectivity index is 1.59. The monoisotopic (exact) mass is 382 g/mol. The van der Waals surface area contributed by atoms with E-state index in [4.69, 9.17) is 4.74 Å². The van der Waals surface area contributed by atoms with Crippen molar-refractivity contribution in [3.8, 4) is 16.3 Å². The van der Waals surface area contributed by atoms with Crippen molar-refractivity contribution in [2.45, 2.75) is 38.6 Å². The first-order valence-corrected chi connectivity index (χ1v) is 10.2. The molecule has 0 radical (unpaired) electrons. The number of aryl methyl sites for hydroxylation is 1. The quantitative estimate of drug-likeness (QED) is 0.617.